The normalized spacial score (nSPS) is 10.2. The Bertz CT molecular complexity index is 245. The van der Waals surface area contributed by atoms with Crippen molar-refractivity contribution in [1.82, 2.24) is 0 Å². The predicted molar refractivity (Wildman–Crippen MR) is 87.1 cm³/mol. The first kappa shape index (κ1) is 27.8. The van der Waals surface area contributed by atoms with E-state index in [1.165, 1.54) is 70.6 Å². The number of hydrogen-bond donors (Lipinski definition) is 1. The minimum absolute atomic E-state index is 0. The Hall–Kier alpha value is 0.940. The van der Waals surface area contributed by atoms with E-state index in [9.17, 15) is 4.79 Å². The molecule has 2 nitrogen and oxygen atoms in total. The van der Waals surface area contributed by atoms with Gasteiger partial charge in [-0.25, -0.2) is 0 Å². The molecule has 0 aromatic carbocycles. The molecule has 0 amide bonds. The molecule has 126 valence electrons. The van der Waals surface area contributed by atoms with Crippen molar-refractivity contribution in [2.24, 2.45) is 0 Å². The van der Waals surface area contributed by atoms with E-state index in [1.807, 2.05) is 0 Å². The summed E-state index contributed by atoms with van der Waals surface area (Å²) < 4.78 is 0. The van der Waals surface area contributed by atoms with E-state index in [4.69, 9.17) is 5.11 Å². The zero-order valence-corrected chi connectivity index (χ0v) is 18.9. The van der Waals surface area contributed by atoms with Crippen molar-refractivity contribution in [3.8, 4) is 0 Å². The number of carboxylic acids is 1. The minimum atomic E-state index is -0.664. The van der Waals surface area contributed by atoms with Crippen LogP contribution in [0.25, 0.3) is 0 Å². The van der Waals surface area contributed by atoms with Gasteiger partial charge in [-0.1, -0.05) is 70.4 Å². The first-order valence-electron chi connectivity index (χ1n) is 8.64. The SMILES string of the molecule is CCCCCCCC/C=C\CCCCCCCC(=O)O.[I-].[Na+]. The summed E-state index contributed by atoms with van der Waals surface area (Å²) in [6.07, 6.45) is 21.2. The Labute approximate surface area is 177 Å². The summed E-state index contributed by atoms with van der Waals surface area (Å²) in [4.78, 5) is 10.3. The van der Waals surface area contributed by atoms with Crippen LogP contribution < -0.4 is 53.5 Å². The van der Waals surface area contributed by atoms with Crippen LogP contribution in [-0.4, -0.2) is 11.1 Å². The molecule has 0 unspecified atom stereocenters. The Balaban J connectivity index is -0.00000180. The fourth-order valence-corrected chi connectivity index (χ4v) is 2.35. The van der Waals surface area contributed by atoms with Gasteiger partial charge in [-0.15, -0.1) is 0 Å². The third-order valence-corrected chi connectivity index (χ3v) is 3.65. The van der Waals surface area contributed by atoms with Gasteiger partial charge in [0.15, 0.2) is 0 Å². The molecule has 0 rings (SSSR count). The third kappa shape index (κ3) is 25.9. The summed E-state index contributed by atoms with van der Waals surface area (Å²) >= 11 is 0. The van der Waals surface area contributed by atoms with Crippen LogP contribution in [0.3, 0.4) is 0 Å². The number of hydrogen-bond acceptors (Lipinski definition) is 1. The van der Waals surface area contributed by atoms with Crippen molar-refractivity contribution in [3.63, 3.8) is 0 Å². The molecule has 4 heteroatoms. The molecule has 0 aliphatic rings. The zero-order valence-electron chi connectivity index (χ0n) is 14.8. The van der Waals surface area contributed by atoms with E-state index in [2.05, 4.69) is 19.1 Å². The van der Waals surface area contributed by atoms with Crippen molar-refractivity contribution >= 4 is 5.97 Å². The second-order valence-electron chi connectivity index (χ2n) is 5.73. The molecule has 0 atom stereocenters. The van der Waals surface area contributed by atoms with Crippen LogP contribution in [0.2, 0.25) is 0 Å². The third-order valence-electron chi connectivity index (χ3n) is 3.65. The van der Waals surface area contributed by atoms with Gasteiger partial charge < -0.3 is 29.1 Å². The average Bonchev–Trinajstić information content (AvgIpc) is 2.43. The van der Waals surface area contributed by atoms with Crippen LogP contribution >= 0.6 is 0 Å². The number of unbranched alkanes of at least 4 members (excludes halogenated alkanes) is 11. The molecular formula is C18H34INaO2. The van der Waals surface area contributed by atoms with Crippen LogP contribution in [0.15, 0.2) is 12.2 Å². The minimum Gasteiger partial charge on any atom is -1.00 e. The molecule has 0 saturated heterocycles. The smallest absolute Gasteiger partial charge is 1.00 e. The van der Waals surface area contributed by atoms with E-state index in [0.717, 1.165) is 12.8 Å². The predicted octanol–water partition coefficient (Wildman–Crippen LogP) is 0.117. The van der Waals surface area contributed by atoms with Crippen LogP contribution in [0, 0.1) is 0 Å². The maximum Gasteiger partial charge on any atom is 1.00 e. The van der Waals surface area contributed by atoms with Gasteiger partial charge >= 0.3 is 35.5 Å². The molecule has 0 aliphatic carbocycles. The van der Waals surface area contributed by atoms with E-state index in [-0.39, 0.29) is 53.5 Å². The van der Waals surface area contributed by atoms with Crippen LogP contribution in [0.1, 0.15) is 96.8 Å². The average molecular weight is 432 g/mol. The molecular weight excluding hydrogens is 398 g/mol. The van der Waals surface area contributed by atoms with E-state index >= 15 is 0 Å². The first-order valence-corrected chi connectivity index (χ1v) is 8.64. The molecule has 0 aromatic heterocycles. The van der Waals surface area contributed by atoms with E-state index in [1.54, 1.807) is 0 Å². The van der Waals surface area contributed by atoms with Gasteiger partial charge in [0.1, 0.15) is 0 Å². The quantitative estimate of drug-likeness (QED) is 0.173. The molecule has 0 radical (unpaired) electrons. The summed E-state index contributed by atoms with van der Waals surface area (Å²) in [6, 6.07) is 0. The molecule has 0 fully saturated rings. The molecule has 1 N–H and O–H groups in total. The Morgan fingerprint density at radius 3 is 1.64 bits per heavy atom. The molecule has 0 aromatic rings. The summed E-state index contributed by atoms with van der Waals surface area (Å²) in [7, 11) is 0. The van der Waals surface area contributed by atoms with Gasteiger partial charge in [0, 0.05) is 6.42 Å². The van der Waals surface area contributed by atoms with Crippen LogP contribution in [0.4, 0.5) is 0 Å². The molecule has 0 spiro atoms. The summed E-state index contributed by atoms with van der Waals surface area (Å²) in [6.45, 7) is 2.26. The Kier molecular flexibility index (Phi) is 30.5. The van der Waals surface area contributed by atoms with Crippen LogP contribution in [0.5, 0.6) is 0 Å². The number of aliphatic carboxylic acids is 1. The summed E-state index contributed by atoms with van der Waals surface area (Å²) in [5.41, 5.74) is 0. The number of carboxylic acid groups (broad SMARTS) is 1. The largest absolute Gasteiger partial charge is 1.00 e. The zero-order chi connectivity index (χ0) is 14.9. The van der Waals surface area contributed by atoms with E-state index in [0.29, 0.717) is 6.42 Å². The van der Waals surface area contributed by atoms with Crippen molar-refractivity contribution < 1.29 is 63.4 Å². The van der Waals surface area contributed by atoms with Gasteiger partial charge in [-0.2, -0.15) is 0 Å². The molecule has 22 heavy (non-hydrogen) atoms. The van der Waals surface area contributed by atoms with Crippen molar-refractivity contribution in [2.75, 3.05) is 0 Å². The fourth-order valence-electron chi connectivity index (χ4n) is 2.35. The number of rotatable bonds is 15. The second kappa shape index (κ2) is 24.2. The van der Waals surface area contributed by atoms with Gasteiger partial charge in [-0.3, -0.25) is 4.79 Å². The summed E-state index contributed by atoms with van der Waals surface area (Å²) in [5, 5.41) is 8.51. The van der Waals surface area contributed by atoms with Crippen molar-refractivity contribution in [3.05, 3.63) is 12.2 Å². The molecule has 0 saturated carbocycles. The maximum atomic E-state index is 10.3. The molecule has 0 heterocycles. The number of allylic oxidation sites excluding steroid dienone is 2. The number of halogens is 1. The second-order valence-corrected chi connectivity index (χ2v) is 5.73. The van der Waals surface area contributed by atoms with Gasteiger partial charge in [0.2, 0.25) is 0 Å². The van der Waals surface area contributed by atoms with Crippen LogP contribution in [-0.2, 0) is 4.79 Å². The van der Waals surface area contributed by atoms with Gasteiger partial charge in [0.25, 0.3) is 0 Å². The Morgan fingerprint density at radius 2 is 1.18 bits per heavy atom. The van der Waals surface area contributed by atoms with Gasteiger partial charge in [-0.05, 0) is 32.1 Å². The van der Waals surface area contributed by atoms with Crippen molar-refractivity contribution in [1.29, 1.82) is 0 Å². The fraction of sp³-hybridized carbons (Fsp3) is 0.833. The molecule has 0 aliphatic heterocycles. The molecule has 0 bridgehead atoms. The number of carbonyl (C=O) groups is 1. The maximum absolute atomic E-state index is 10.3. The Morgan fingerprint density at radius 1 is 0.773 bits per heavy atom. The van der Waals surface area contributed by atoms with Crippen molar-refractivity contribution in [2.45, 2.75) is 96.8 Å². The monoisotopic (exact) mass is 432 g/mol. The summed E-state index contributed by atoms with van der Waals surface area (Å²) in [5.74, 6) is -0.664. The standard InChI is InChI=1S/C18H34O2.HI.Na/c1-2-3-4-5-6-7-8-9-10-11-12-13-14-15-16-17-18(19)20;;/h9-10H,2-8,11-17H2,1H3,(H,19,20);1H;/q;;+1/p-1/b10-9-;;. The first-order chi connectivity index (χ1) is 9.77. The van der Waals surface area contributed by atoms with E-state index < -0.39 is 5.97 Å². The van der Waals surface area contributed by atoms with Gasteiger partial charge in [0.05, 0.1) is 0 Å². The topological polar surface area (TPSA) is 37.3 Å².